The number of aromatic amines is 1. The Kier molecular flexibility index (Phi) is 2.12. The summed E-state index contributed by atoms with van der Waals surface area (Å²) >= 11 is 0. The molecule has 0 saturated heterocycles. The van der Waals surface area contributed by atoms with Gasteiger partial charge in [0.2, 0.25) is 0 Å². The number of aliphatic carboxylic acids is 1. The predicted octanol–water partition coefficient (Wildman–Crippen LogP) is -1.33. The average molecular weight is 157 g/mol. The van der Waals surface area contributed by atoms with Gasteiger partial charge in [-0.1, -0.05) is 5.21 Å². The van der Waals surface area contributed by atoms with E-state index in [1.807, 2.05) is 0 Å². The van der Waals surface area contributed by atoms with Crippen LogP contribution in [0.3, 0.4) is 0 Å². The van der Waals surface area contributed by atoms with Crippen LogP contribution < -0.4 is 5.73 Å². The lowest BCUT2D eigenvalue weighted by molar-refractivity contribution is -0.137. The van der Waals surface area contributed by atoms with Crippen molar-refractivity contribution in [3.8, 4) is 0 Å². The highest BCUT2D eigenvalue weighted by molar-refractivity contribution is 5.67. The summed E-state index contributed by atoms with van der Waals surface area (Å²) in [5.74, 6) is -0.769. The smallest absolute Gasteiger partial charge is 0.305 e. The van der Waals surface area contributed by atoms with Crippen molar-refractivity contribution in [1.82, 2.24) is 20.6 Å². The van der Waals surface area contributed by atoms with Gasteiger partial charge in [0.25, 0.3) is 0 Å². The van der Waals surface area contributed by atoms with Crippen LogP contribution in [0.5, 0.6) is 0 Å². The minimum Gasteiger partial charge on any atom is -0.481 e. The van der Waals surface area contributed by atoms with Gasteiger partial charge in [-0.15, -0.1) is 10.2 Å². The Hall–Kier alpha value is -1.50. The lowest BCUT2D eigenvalue weighted by atomic mass is 10.2. The number of H-pyrrole nitrogens is 1. The highest BCUT2D eigenvalue weighted by atomic mass is 16.4. The molecular formula is C4H7N5O2. The van der Waals surface area contributed by atoms with Crippen molar-refractivity contribution in [3.63, 3.8) is 0 Å². The Labute approximate surface area is 61.6 Å². The maximum Gasteiger partial charge on any atom is 0.305 e. The van der Waals surface area contributed by atoms with Crippen LogP contribution in [0.15, 0.2) is 0 Å². The summed E-state index contributed by atoms with van der Waals surface area (Å²) in [6.07, 6.45) is -0.195. The van der Waals surface area contributed by atoms with Crippen molar-refractivity contribution in [2.45, 2.75) is 12.5 Å². The standard InChI is InChI=1S/C4H7N5O2/c5-2(1-3(10)11)4-6-8-9-7-4/h2H,1,5H2,(H,10,11)(H,6,7,8,9)/t2-/m1/s1. The molecule has 4 N–H and O–H groups in total. The molecule has 0 unspecified atom stereocenters. The lowest BCUT2D eigenvalue weighted by Gasteiger charge is -2.00. The van der Waals surface area contributed by atoms with Crippen LogP contribution in [0.2, 0.25) is 0 Å². The fourth-order valence-electron chi connectivity index (χ4n) is 0.606. The van der Waals surface area contributed by atoms with Gasteiger partial charge in [0, 0.05) is 0 Å². The molecule has 1 aromatic rings. The summed E-state index contributed by atoms with van der Waals surface area (Å²) < 4.78 is 0. The lowest BCUT2D eigenvalue weighted by Crippen LogP contribution is -2.16. The highest BCUT2D eigenvalue weighted by Crippen LogP contribution is 2.05. The SMILES string of the molecule is N[C@H](CC(=O)O)c1nn[nH]n1. The number of nitrogens with zero attached hydrogens (tertiary/aromatic N) is 3. The van der Waals surface area contributed by atoms with Crippen LogP contribution in [0.25, 0.3) is 0 Å². The second-order valence-electron chi connectivity index (χ2n) is 1.97. The number of hydrogen-bond donors (Lipinski definition) is 3. The Morgan fingerprint density at radius 3 is 3.00 bits per heavy atom. The molecule has 0 aliphatic heterocycles. The molecule has 0 amide bonds. The molecule has 0 fully saturated rings. The molecule has 1 aromatic heterocycles. The number of hydrogen-bond acceptors (Lipinski definition) is 5. The van der Waals surface area contributed by atoms with Crippen LogP contribution >= 0.6 is 0 Å². The van der Waals surface area contributed by atoms with Gasteiger partial charge in [0.15, 0.2) is 5.82 Å². The minimum atomic E-state index is -0.984. The summed E-state index contributed by atoms with van der Waals surface area (Å²) in [5.41, 5.74) is 5.37. The van der Waals surface area contributed by atoms with Crippen molar-refractivity contribution in [2.75, 3.05) is 0 Å². The molecule has 1 heterocycles. The molecule has 11 heavy (non-hydrogen) atoms. The van der Waals surface area contributed by atoms with Gasteiger partial charge in [0.05, 0.1) is 12.5 Å². The maximum atomic E-state index is 10.1. The number of nitrogens with one attached hydrogen (secondary N) is 1. The molecule has 0 aromatic carbocycles. The first-order chi connectivity index (χ1) is 5.20. The zero-order valence-corrected chi connectivity index (χ0v) is 5.56. The van der Waals surface area contributed by atoms with Gasteiger partial charge in [-0.25, -0.2) is 0 Å². The number of rotatable bonds is 3. The monoisotopic (exact) mass is 157 g/mol. The maximum absolute atomic E-state index is 10.1. The number of tetrazole rings is 1. The van der Waals surface area contributed by atoms with E-state index in [0.29, 0.717) is 0 Å². The van der Waals surface area contributed by atoms with Crippen LogP contribution in [-0.2, 0) is 4.79 Å². The van der Waals surface area contributed by atoms with E-state index >= 15 is 0 Å². The number of carboxylic acid groups (broad SMARTS) is 1. The third-order valence-electron chi connectivity index (χ3n) is 1.09. The molecule has 0 aliphatic rings. The summed E-state index contributed by atoms with van der Waals surface area (Å²) in [6, 6.07) is -0.689. The molecule has 1 rings (SSSR count). The van der Waals surface area contributed by atoms with Gasteiger partial charge < -0.3 is 10.8 Å². The van der Waals surface area contributed by atoms with Gasteiger partial charge in [-0.05, 0) is 0 Å². The van der Waals surface area contributed by atoms with Crippen LogP contribution in [-0.4, -0.2) is 31.7 Å². The van der Waals surface area contributed by atoms with Crippen LogP contribution in [0, 0.1) is 0 Å². The summed E-state index contributed by atoms with van der Waals surface area (Å²) in [6.45, 7) is 0. The first kappa shape index (κ1) is 7.61. The first-order valence-corrected chi connectivity index (χ1v) is 2.91. The molecule has 0 radical (unpaired) electrons. The minimum absolute atomic E-state index is 0.195. The van der Waals surface area contributed by atoms with E-state index in [0.717, 1.165) is 0 Å². The van der Waals surface area contributed by atoms with Crippen molar-refractivity contribution in [2.24, 2.45) is 5.73 Å². The zero-order valence-electron chi connectivity index (χ0n) is 5.56. The highest BCUT2D eigenvalue weighted by Gasteiger charge is 2.13. The van der Waals surface area contributed by atoms with Crippen LogP contribution in [0.4, 0.5) is 0 Å². The zero-order chi connectivity index (χ0) is 8.27. The Bertz CT molecular complexity index is 233. The molecule has 0 spiro atoms. The number of carbonyl (C=O) groups is 1. The van der Waals surface area contributed by atoms with Crippen molar-refractivity contribution < 1.29 is 9.90 Å². The van der Waals surface area contributed by atoms with Crippen LogP contribution in [0.1, 0.15) is 18.3 Å². The molecule has 1 atom stereocenters. The Morgan fingerprint density at radius 1 is 1.82 bits per heavy atom. The van der Waals surface area contributed by atoms with Crippen molar-refractivity contribution in [1.29, 1.82) is 0 Å². The molecule has 0 saturated carbocycles. The molecule has 0 aliphatic carbocycles. The second-order valence-corrected chi connectivity index (χ2v) is 1.97. The number of carboxylic acids is 1. The normalized spacial score (nSPS) is 12.8. The van der Waals surface area contributed by atoms with E-state index < -0.39 is 12.0 Å². The van der Waals surface area contributed by atoms with Gasteiger partial charge in [-0.3, -0.25) is 4.79 Å². The topological polar surface area (TPSA) is 118 Å². The van der Waals surface area contributed by atoms with E-state index in [-0.39, 0.29) is 12.2 Å². The fourth-order valence-corrected chi connectivity index (χ4v) is 0.606. The van der Waals surface area contributed by atoms with E-state index in [2.05, 4.69) is 20.6 Å². The molecule has 7 heteroatoms. The van der Waals surface area contributed by atoms with E-state index in [1.54, 1.807) is 0 Å². The van der Waals surface area contributed by atoms with E-state index in [4.69, 9.17) is 10.8 Å². The van der Waals surface area contributed by atoms with Crippen molar-refractivity contribution in [3.05, 3.63) is 5.82 Å². The van der Waals surface area contributed by atoms with Gasteiger partial charge >= 0.3 is 5.97 Å². The van der Waals surface area contributed by atoms with E-state index in [9.17, 15) is 4.79 Å². The van der Waals surface area contributed by atoms with Gasteiger partial charge in [0.1, 0.15) is 0 Å². The average Bonchev–Trinajstić information content (AvgIpc) is 2.35. The number of nitrogens with two attached hydrogens (primary N) is 1. The van der Waals surface area contributed by atoms with Crippen molar-refractivity contribution >= 4 is 5.97 Å². The Balaban J connectivity index is 2.56. The third-order valence-corrected chi connectivity index (χ3v) is 1.09. The largest absolute Gasteiger partial charge is 0.481 e. The van der Waals surface area contributed by atoms with Gasteiger partial charge in [-0.2, -0.15) is 5.21 Å². The van der Waals surface area contributed by atoms with E-state index in [1.165, 1.54) is 0 Å². The molecule has 0 bridgehead atoms. The second kappa shape index (κ2) is 3.06. The quantitative estimate of drug-likeness (QED) is 0.500. The predicted molar refractivity (Wildman–Crippen MR) is 33.4 cm³/mol. The summed E-state index contributed by atoms with van der Waals surface area (Å²) in [5, 5.41) is 20.8. The summed E-state index contributed by atoms with van der Waals surface area (Å²) in [4.78, 5) is 10.1. The first-order valence-electron chi connectivity index (χ1n) is 2.91. The molecule has 7 nitrogen and oxygen atoms in total. The molecular weight excluding hydrogens is 150 g/mol. The third kappa shape index (κ3) is 1.97. The fraction of sp³-hybridized carbons (Fsp3) is 0.500. The number of aromatic nitrogens is 4. The Morgan fingerprint density at radius 2 is 2.55 bits per heavy atom. The summed E-state index contributed by atoms with van der Waals surface area (Å²) in [7, 11) is 0. The molecule has 60 valence electrons.